The number of fused-ring (bicyclic) bond motifs is 1. The molecule has 0 bridgehead atoms. The largest absolute Gasteiger partial charge is 0.397 e. The van der Waals surface area contributed by atoms with Gasteiger partial charge >= 0.3 is 0 Å². The van der Waals surface area contributed by atoms with E-state index in [0.29, 0.717) is 22.9 Å². The van der Waals surface area contributed by atoms with Crippen LogP contribution in [0.2, 0.25) is 0 Å². The number of benzene rings is 1. The van der Waals surface area contributed by atoms with Gasteiger partial charge < -0.3 is 21.5 Å². The van der Waals surface area contributed by atoms with Gasteiger partial charge in [-0.15, -0.1) is 0 Å². The molecule has 0 saturated carbocycles. The van der Waals surface area contributed by atoms with Crippen LogP contribution in [0.5, 0.6) is 0 Å². The Hall–Kier alpha value is -2.70. The van der Waals surface area contributed by atoms with Gasteiger partial charge in [-0.05, 0) is 23.3 Å². The molecule has 0 radical (unpaired) electrons. The second-order valence-corrected chi connectivity index (χ2v) is 6.75. The number of nitrogens with zero attached hydrogens (tertiary/aromatic N) is 2. The van der Waals surface area contributed by atoms with Crippen LogP contribution in [0.15, 0.2) is 42.6 Å². The summed E-state index contributed by atoms with van der Waals surface area (Å²) >= 11 is 0. The molecule has 4 rings (SSSR count). The highest BCUT2D eigenvalue weighted by atomic mass is 16.5. The molecule has 1 fully saturated rings. The molecular formula is C20H23N5O. The van der Waals surface area contributed by atoms with E-state index in [0.717, 1.165) is 36.3 Å². The minimum absolute atomic E-state index is 0.205. The zero-order valence-corrected chi connectivity index (χ0v) is 14.8. The van der Waals surface area contributed by atoms with E-state index in [-0.39, 0.29) is 6.10 Å². The number of rotatable bonds is 3. The molecular weight excluding hydrogens is 326 g/mol. The van der Waals surface area contributed by atoms with Gasteiger partial charge in [0.1, 0.15) is 5.82 Å². The van der Waals surface area contributed by atoms with Crippen molar-refractivity contribution in [2.24, 2.45) is 0 Å². The molecule has 1 aliphatic rings. The summed E-state index contributed by atoms with van der Waals surface area (Å²) in [5.41, 5.74) is 17.2. The zero-order valence-electron chi connectivity index (χ0n) is 14.8. The lowest BCUT2D eigenvalue weighted by atomic mass is 9.93. The highest BCUT2D eigenvalue weighted by Crippen LogP contribution is 2.30. The standard InChI is InChI=1S/C20H23N5O/c1-12(19-11-23-6-7-26-19)13-2-4-14(5-3-13)16-9-17-18(25-20(16)22)8-15(21)10-24-17/h2-5,8-10,12,19,23H,6-7,11,21H2,1H3,(H2,22,25). The number of aromatic nitrogens is 2. The van der Waals surface area contributed by atoms with E-state index in [4.69, 9.17) is 16.2 Å². The summed E-state index contributed by atoms with van der Waals surface area (Å²) < 4.78 is 5.87. The van der Waals surface area contributed by atoms with Crippen LogP contribution in [0.3, 0.4) is 0 Å². The van der Waals surface area contributed by atoms with Crippen LogP contribution in [0, 0.1) is 0 Å². The van der Waals surface area contributed by atoms with Crippen LogP contribution in [-0.2, 0) is 4.74 Å². The second kappa shape index (κ2) is 6.90. The Morgan fingerprint density at radius 3 is 2.69 bits per heavy atom. The molecule has 134 valence electrons. The molecule has 6 heteroatoms. The SMILES string of the molecule is CC(c1ccc(-c2cc3ncc(N)cc3nc2N)cc1)C1CNCCO1. The quantitative estimate of drug-likeness (QED) is 0.672. The predicted molar refractivity (Wildman–Crippen MR) is 105 cm³/mol. The Bertz CT molecular complexity index is 919. The van der Waals surface area contributed by atoms with Crippen LogP contribution < -0.4 is 16.8 Å². The fourth-order valence-corrected chi connectivity index (χ4v) is 3.40. The number of nitrogens with two attached hydrogens (primary N) is 2. The van der Waals surface area contributed by atoms with Crippen LogP contribution in [-0.4, -0.2) is 35.8 Å². The van der Waals surface area contributed by atoms with E-state index in [2.05, 4.69) is 46.5 Å². The van der Waals surface area contributed by atoms with Crippen LogP contribution in [0.4, 0.5) is 11.5 Å². The van der Waals surface area contributed by atoms with Crippen molar-refractivity contribution in [1.29, 1.82) is 0 Å². The third-order valence-electron chi connectivity index (χ3n) is 4.98. The summed E-state index contributed by atoms with van der Waals surface area (Å²) in [5, 5.41) is 3.39. The Balaban J connectivity index is 1.63. The van der Waals surface area contributed by atoms with Gasteiger partial charge in [0.2, 0.25) is 0 Å². The number of pyridine rings is 2. The van der Waals surface area contributed by atoms with Crippen LogP contribution >= 0.6 is 0 Å². The topological polar surface area (TPSA) is 99.1 Å². The predicted octanol–water partition coefficient (Wildman–Crippen LogP) is 2.55. The van der Waals surface area contributed by atoms with E-state index in [9.17, 15) is 0 Å². The van der Waals surface area contributed by atoms with Crippen LogP contribution in [0.1, 0.15) is 18.4 Å². The fourth-order valence-electron chi connectivity index (χ4n) is 3.40. The first kappa shape index (κ1) is 16.8. The molecule has 6 nitrogen and oxygen atoms in total. The van der Waals surface area contributed by atoms with Gasteiger partial charge in [-0.1, -0.05) is 31.2 Å². The summed E-state index contributed by atoms with van der Waals surface area (Å²) in [6, 6.07) is 12.2. The van der Waals surface area contributed by atoms with Crippen molar-refractivity contribution >= 4 is 22.5 Å². The van der Waals surface area contributed by atoms with Gasteiger partial charge in [0.15, 0.2) is 0 Å². The van der Waals surface area contributed by atoms with Crippen molar-refractivity contribution in [2.75, 3.05) is 31.2 Å². The number of hydrogen-bond donors (Lipinski definition) is 3. The average Bonchev–Trinajstić information content (AvgIpc) is 2.68. The maximum Gasteiger partial charge on any atom is 0.132 e. The third-order valence-corrected chi connectivity index (χ3v) is 4.98. The molecule has 2 aromatic heterocycles. The van der Waals surface area contributed by atoms with Crippen molar-refractivity contribution in [2.45, 2.75) is 18.9 Å². The summed E-state index contributed by atoms with van der Waals surface area (Å²) in [5.74, 6) is 0.805. The Labute approximate surface area is 152 Å². The van der Waals surface area contributed by atoms with Gasteiger partial charge in [-0.3, -0.25) is 4.98 Å². The first-order valence-corrected chi connectivity index (χ1v) is 8.86. The molecule has 2 unspecified atom stereocenters. The molecule has 1 aliphatic heterocycles. The monoisotopic (exact) mass is 349 g/mol. The number of hydrogen-bond acceptors (Lipinski definition) is 6. The molecule has 0 amide bonds. The van der Waals surface area contributed by atoms with Crippen molar-refractivity contribution in [3.63, 3.8) is 0 Å². The summed E-state index contributed by atoms with van der Waals surface area (Å²) in [6.45, 7) is 4.78. The molecule has 0 spiro atoms. The summed E-state index contributed by atoms with van der Waals surface area (Å²) in [7, 11) is 0. The van der Waals surface area contributed by atoms with Gasteiger partial charge in [-0.25, -0.2) is 4.98 Å². The maximum absolute atomic E-state index is 6.18. The normalized spacial score (nSPS) is 18.7. The van der Waals surface area contributed by atoms with E-state index < -0.39 is 0 Å². The summed E-state index contributed by atoms with van der Waals surface area (Å²) in [6.07, 6.45) is 1.84. The maximum atomic E-state index is 6.18. The molecule has 1 saturated heterocycles. The molecule has 5 N–H and O–H groups in total. The lowest BCUT2D eigenvalue weighted by Gasteiger charge is -2.29. The number of nitrogens with one attached hydrogen (secondary N) is 1. The number of nitrogen functional groups attached to an aromatic ring is 2. The van der Waals surface area contributed by atoms with Crippen molar-refractivity contribution in [3.8, 4) is 11.1 Å². The molecule has 0 aliphatic carbocycles. The Morgan fingerprint density at radius 1 is 1.15 bits per heavy atom. The average molecular weight is 349 g/mol. The van der Waals surface area contributed by atoms with E-state index in [1.165, 1.54) is 5.56 Å². The Kier molecular flexibility index (Phi) is 4.44. The van der Waals surface area contributed by atoms with Crippen molar-refractivity contribution in [1.82, 2.24) is 15.3 Å². The van der Waals surface area contributed by atoms with Gasteiger partial charge in [-0.2, -0.15) is 0 Å². The molecule has 3 aromatic rings. The first-order valence-electron chi connectivity index (χ1n) is 8.86. The highest BCUT2D eigenvalue weighted by Gasteiger charge is 2.22. The Morgan fingerprint density at radius 2 is 1.96 bits per heavy atom. The van der Waals surface area contributed by atoms with Gasteiger partial charge in [0.05, 0.1) is 35.6 Å². The van der Waals surface area contributed by atoms with Crippen LogP contribution in [0.25, 0.3) is 22.2 Å². The van der Waals surface area contributed by atoms with Gasteiger partial charge in [0.25, 0.3) is 0 Å². The highest BCUT2D eigenvalue weighted by molar-refractivity contribution is 5.87. The molecule has 3 heterocycles. The second-order valence-electron chi connectivity index (χ2n) is 6.75. The minimum Gasteiger partial charge on any atom is -0.397 e. The van der Waals surface area contributed by atoms with Crippen molar-refractivity contribution in [3.05, 3.63) is 48.2 Å². The lowest BCUT2D eigenvalue weighted by Crippen LogP contribution is -2.41. The number of anilines is 2. The van der Waals surface area contributed by atoms with Gasteiger partial charge in [0, 0.05) is 24.6 Å². The summed E-state index contributed by atoms with van der Waals surface area (Å²) in [4.78, 5) is 8.80. The van der Waals surface area contributed by atoms with E-state index >= 15 is 0 Å². The third kappa shape index (κ3) is 3.21. The lowest BCUT2D eigenvalue weighted by molar-refractivity contribution is 0.0146. The fraction of sp³-hybridized carbons (Fsp3) is 0.300. The number of ether oxygens (including phenoxy) is 1. The van der Waals surface area contributed by atoms with E-state index in [1.807, 2.05) is 6.07 Å². The van der Waals surface area contributed by atoms with E-state index in [1.54, 1.807) is 12.3 Å². The van der Waals surface area contributed by atoms with Crippen molar-refractivity contribution < 1.29 is 4.74 Å². The number of morpholine rings is 1. The minimum atomic E-state index is 0.205. The molecule has 1 aromatic carbocycles. The smallest absolute Gasteiger partial charge is 0.132 e. The molecule has 26 heavy (non-hydrogen) atoms. The zero-order chi connectivity index (χ0) is 18.1. The molecule has 2 atom stereocenters. The first-order chi connectivity index (χ1) is 12.6.